The van der Waals surface area contributed by atoms with Gasteiger partial charge in [0.25, 0.3) is 0 Å². The average molecular weight is 425 g/mol. The molecule has 2 atom stereocenters. The Balaban J connectivity index is 1.88. The van der Waals surface area contributed by atoms with Gasteiger partial charge in [-0.05, 0) is 77.9 Å². The minimum atomic E-state index is -3.25. The standard InChI is InChI=1S/C25H26F2NOP/c1-25(2,3)22-16-24(28-23-7-5-4-6-21(22)23)30(29,19-12-8-17(26)9-13-19)20-14-10-18(27)11-15-20/h4-15,22,24,28H,16H2,1-3H3. The SMILES string of the molecule is CC(C)(C)C1CC(P(=O)(c2ccc(F)cc2)c2ccc(F)cc2)Nc2ccccc21. The van der Waals surface area contributed by atoms with Crippen molar-refractivity contribution in [1.82, 2.24) is 0 Å². The van der Waals surface area contributed by atoms with Crippen molar-refractivity contribution >= 4 is 23.4 Å². The molecule has 1 N–H and O–H groups in total. The van der Waals surface area contributed by atoms with Crippen LogP contribution in [0.15, 0.2) is 72.8 Å². The van der Waals surface area contributed by atoms with Gasteiger partial charge in [0.2, 0.25) is 0 Å². The lowest BCUT2D eigenvalue weighted by Gasteiger charge is -2.42. The van der Waals surface area contributed by atoms with Gasteiger partial charge in [-0.2, -0.15) is 0 Å². The number of hydrogen-bond donors (Lipinski definition) is 1. The van der Waals surface area contributed by atoms with Crippen molar-refractivity contribution in [3.8, 4) is 0 Å². The molecule has 30 heavy (non-hydrogen) atoms. The summed E-state index contributed by atoms with van der Waals surface area (Å²) in [4.78, 5) is 0. The highest BCUT2D eigenvalue weighted by molar-refractivity contribution is 7.79. The molecule has 0 saturated carbocycles. The quantitative estimate of drug-likeness (QED) is 0.503. The van der Waals surface area contributed by atoms with Crippen LogP contribution in [-0.2, 0) is 4.57 Å². The normalized spacial score (nSPS) is 19.1. The summed E-state index contributed by atoms with van der Waals surface area (Å²) in [5, 5.41) is 4.65. The van der Waals surface area contributed by atoms with E-state index in [2.05, 4.69) is 32.2 Å². The molecule has 2 unspecified atom stereocenters. The van der Waals surface area contributed by atoms with E-state index in [0.29, 0.717) is 17.0 Å². The highest BCUT2D eigenvalue weighted by atomic mass is 31.2. The number of fused-ring (bicyclic) bond motifs is 1. The van der Waals surface area contributed by atoms with Crippen LogP contribution in [0.3, 0.4) is 0 Å². The van der Waals surface area contributed by atoms with Crippen molar-refractivity contribution in [2.45, 2.75) is 38.9 Å². The van der Waals surface area contributed by atoms with Crippen molar-refractivity contribution in [2.75, 3.05) is 5.32 Å². The van der Waals surface area contributed by atoms with Gasteiger partial charge >= 0.3 is 0 Å². The molecule has 0 radical (unpaired) electrons. The highest BCUT2D eigenvalue weighted by Crippen LogP contribution is 2.57. The molecule has 1 aliphatic rings. The Morgan fingerprint density at radius 2 is 1.33 bits per heavy atom. The minimum absolute atomic E-state index is 0.0348. The molecule has 0 aliphatic carbocycles. The van der Waals surface area contributed by atoms with E-state index >= 15 is 0 Å². The predicted octanol–water partition coefficient (Wildman–Crippen LogP) is 6.25. The smallest absolute Gasteiger partial charge is 0.164 e. The largest absolute Gasteiger partial charge is 0.375 e. The molecule has 0 fully saturated rings. The zero-order valence-electron chi connectivity index (χ0n) is 17.4. The molecule has 0 saturated heterocycles. The Hall–Kier alpha value is -2.45. The number of anilines is 1. The maximum absolute atomic E-state index is 14.8. The second kappa shape index (κ2) is 7.67. The lowest BCUT2D eigenvalue weighted by molar-refractivity contribution is 0.300. The van der Waals surface area contributed by atoms with E-state index in [1.54, 1.807) is 24.3 Å². The third kappa shape index (κ3) is 3.70. The van der Waals surface area contributed by atoms with Crippen LogP contribution in [0.5, 0.6) is 0 Å². The number of halogens is 2. The van der Waals surface area contributed by atoms with Crippen LogP contribution >= 0.6 is 7.14 Å². The summed E-state index contributed by atoms with van der Waals surface area (Å²) in [7, 11) is -3.25. The van der Waals surface area contributed by atoms with Crippen LogP contribution in [-0.4, -0.2) is 5.78 Å². The molecule has 0 bridgehead atoms. The van der Waals surface area contributed by atoms with E-state index in [9.17, 15) is 13.3 Å². The fraction of sp³-hybridized carbons (Fsp3) is 0.280. The maximum Gasteiger partial charge on any atom is 0.164 e. The molecule has 0 aromatic heterocycles. The first-order chi connectivity index (χ1) is 14.2. The molecule has 1 aliphatic heterocycles. The van der Waals surface area contributed by atoms with Crippen molar-refractivity contribution in [1.29, 1.82) is 0 Å². The Morgan fingerprint density at radius 3 is 1.83 bits per heavy atom. The zero-order valence-corrected chi connectivity index (χ0v) is 18.3. The molecule has 0 amide bonds. The molecular formula is C25H26F2NOP. The van der Waals surface area contributed by atoms with Gasteiger partial charge < -0.3 is 9.88 Å². The number of nitrogens with one attached hydrogen (secondary N) is 1. The summed E-state index contributed by atoms with van der Waals surface area (Å²) < 4.78 is 42.0. The number of para-hydroxylation sites is 1. The van der Waals surface area contributed by atoms with Crippen molar-refractivity contribution in [3.63, 3.8) is 0 Å². The summed E-state index contributed by atoms with van der Waals surface area (Å²) >= 11 is 0. The Labute approximate surface area is 176 Å². The second-order valence-electron chi connectivity index (χ2n) is 9.01. The van der Waals surface area contributed by atoms with Crippen molar-refractivity contribution < 1.29 is 13.3 Å². The van der Waals surface area contributed by atoms with E-state index in [4.69, 9.17) is 0 Å². The fourth-order valence-electron chi connectivity index (χ4n) is 4.41. The fourth-order valence-corrected chi connectivity index (χ4v) is 7.44. The minimum Gasteiger partial charge on any atom is -0.375 e. The van der Waals surface area contributed by atoms with Gasteiger partial charge in [0.05, 0.1) is 5.78 Å². The van der Waals surface area contributed by atoms with Gasteiger partial charge in [-0.3, -0.25) is 0 Å². The maximum atomic E-state index is 14.8. The lowest BCUT2D eigenvalue weighted by Crippen LogP contribution is -2.38. The molecule has 5 heteroatoms. The van der Waals surface area contributed by atoms with Gasteiger partial charge in [0.1, 0.15) is 11.6 Å². The van der Waals surface area contributed by atoms with E-state index in [0.717, 1.165) is 5.69 Å². The summed E-state index contributed by atoms with van der Waals surface area (Å²) in [5.74, 6) is -0.945. The Morgan fingerprint density at radius 1 is 0.833 bits per heavy atom. The third-order valence-corrected chi connectivity index (χ3v) is 9.37. The van der Waals surface area contributed by atoms with Crippen LogP contribution in [0.25, 0.3) is 0 Å². The number of rotatable bonds is 3. The van der Waals surface area contributed by atoms with E-state index in [-0.39, 0.29) is 28.8 Å². The third-order valence-electron chi connectivity index (χ3n) is 6.02. The molecule has 2 nitrogen and oxygen atoms in total. The number of benzene rings is 3. The average Bonchev–Trinajstić information content (AvgIpc) is 2.72. The Kier molecular flexibility index (Phi) is 5.32. The lowest BCUT2D eigenvalue weighted by atomic mass is 9.73. The summed E-state index contributed by atoms with van der Waals surface area (Å²) in [6.07, 6.45) is 0.659. The first-order valence-electron chi connectivity index (χ1n) is 10.2. The molecular weight excluding hydrogens is 399 g/mol. The second-order valence-corrected chi connectivity index (χ2v) is 12.0. The van der Waals surface area contributed by atoms with E-state index in [1.165, 1.54) is 29.8 Å². The van der Waals surface area contributed by atoms with Gasteiger partial charge in [0, 0.05) is 16.3 Å². The van der Waals surface area contributed by atoms with Crippen molar-refractivity contribution in [3.05, 3.63) is 90.0 Å². The summed E-state index contributed by atoms with van der Waals surface area (Å²) in [5.41, 5.74) is 2.15. The Bertz CT molecular complexity index is 1040. The van der Waals surface area contributed by atoms with Gasteiger partial charge in [-0.25, -0.2) is 8.78 Å². The van der Waals surface area contributed by atoms with Crippen LogP contribution in [0.4, 0.5) is 14.5 Å². The first kappa shape index (κ1) is 20.8. The van der Waals surface area contributed by atoms with Crippen LogP contribution in [0.2, 0.25) is 0 Å². The highest BCUT2D eigenvalue weighted by Gasteiger charge is 2.44. The molecule has 3 aromatic rings. The van der Waals surface area contributed by atoms with Crippen molar-refractivity contribution in [2.24, 2.45) is 5.41 Å². The van der Waals surface area contributed by atoms with Gasteiger partial charge in [0.15, 0.2) is 7.14 Å². The van der Waals surface area contributed by atoms with Gasteiger partial charge in [-0.15, -0.1) is 0 Å². The van der Waals surface area contributed by atoms with E-state index in [1.807, 2.05) is 18.2 Å². The monoisotopic (exact) mass is 425 g/mol. The molecule has 3 aromatic carbocycles. The van der Waals surface area contributed by atoms with Crippen LogP contribution in [0.1, 0.15) is 38.7 Å². The summed E-state index contributed by atoms with van der Waals surface area (Å²) in [6.45, 7) is 6.58. The molecule has 1 heterocycles. The summed E-state index contributed by atoms with van der Waals surface area (Å²) in [6, 6.07) is 19.8. The van der Waals surface area contributed by atoms with Crippen LogP contribution < -0.4 is 15.9 Å². The molecule has 0 spiro atoms. The van der Waals surface area contributed by atoms with Gasteiger partial charge in [-0.1, -0.05) is 39.0 Å². The predicted molar refractivity (Wildman–Crippen MR) is 120 cm³/mol. The van der Waals surface area contributed by atoms with E-state index < -0.39 is 7.14 Å². The molecule has 4 rings (SSSR count). The number of hydrogen-bond acceptors (Lipinski definition) is 2. The molecule has 156 valence electrons. The zero-order chi connectivity index (χ0) is 21.5. The first-order valence-corrected chi connectivity index (χ1v) is 11.9. The van der Waals surface area contributed by atoms with Crippen LogP contribution in [0, 0.1) is 17.0 Å². The topological polar surface area (TPSA) is 29.1 Å².